The molecule has 2 aromatic carbocycles. The zero-order chi connectivity index (χ0) is 30.7. The van der Waals surface area contributed by atoms with Crippen LogP contribution in [0, 0.1) is 6.92 Å². The Labute approximate surface area is 257 Å². The van der Waals surface area contributed by atoms with Gasteiger partial charge in [-0.15, -0.1) is 0 Å². The minimum atomic E-state index is 0.553. The number of allylic oxidation sites excluding steroid dienone is 4. The van der Waals surface area contributed by atoms with Crippen LogP contribution in [0.1, 0.15) is 38.3 Å². The third-order valence-corrected chi connectivity index (χ3v) is 6.76. The molecule has 1 N–H and O–H groups in total. The van der Waals surface area contributed by atoms with Crippen LogP contribution in [0.2, 0.25) is 5.02 Å². The Morgan fingerprint density at radius 1 is 1.12 bits per heavy atom. The van der Waals surface area contributed by atoms with Gasteiger partial charge in [-0.05, 0) is 76.1 Å². The summed E-state index contributed by atoms with van der Waals surface area (Å²) in [6, 6.07) is 14.1. The number of nitrogens with zero attached hydrogens (tertiary/aromatic N) is 5. The van der Waals surface area contributed by atoms with Crippen LogP contribution in [0.25, 0.3) is 0 Å². The van der Waals surface area contributed by atoms with Crippen molar-refractivity contribution in [3.05, 3.63) is 107 Å². The van der Waals surface area contributed by atoms with Crippen LogP contribution in [0.15, 0.2) is 106 Å². The van der Waals surface area contributed by atoms with E-state index in [0.717, 1.165) is 55.2 Å². The molecule has 2 aromatic rings. The molecule has 0 aliphatic carbocycles. The van der Waals surface area contributed by atoms with E-state index < -0.39 is 0 Å². The summed E-state index contributed by atoms with van der Waals surface area (Å²) >= 11 is 6.17. The number of likely N-dealkylation sites (N-methyl/N-ethyl adjacent to an activating group) is 1. The van der Waals surface area contributed by atoms with Crippen LogP contribution < -0.4 is 10.1 Å². The first-order chi connectivity index (χ1) is 20.4. The number of hydrogen-bond acceptors (Lipinski definition) is 7. The number of rotatable bonds is 15. The maximum atomic E-state index is 6.17. The number of hydrogen-bond donors (Lipinski definition) is 1. The van der Waals surface area contributed by atoms with Crippen LogP contribution in [-0.4, -0.2) is 62.5 Å². The lowest BCUT2D eigenvalue weighted by molar-refractivity contribution is 0.216. The molecule has 0 spiro atoms. The van der Waals surface area contributed by atoms with Gasteiger partial charge < -0.3 is 15.0 Å². The van der Waals surface area contributed by atoms with Crippen molar-refractivity contribution in [1.29, 1.82) is 0 Å². The average molecular weight is 589 g/mol. The van der Waals surface area contributed by atoms with Crippen molar-refractivity contribution in [2.45, 2.75) is 40.5 Å². The summed E-state index contributed by atoms with van der Waals surface area (Å²) in [5.74, 6) is 0.717. The van der Waals surface area contributed by atoms with Gasteiger partial charge in [0.05, 0.1) is 16.4 Å². The predicted molar refractivity (Wildman–Crippen MR) is 182 cm³/mol. The summed E-state index contributed by atoms with van der Waals surface area (Å²) in [6.07, 6.45) is 11.4. The predicted octanol–water partition coefficient (Wildman–Crippen LogP) is 7.92. The Hall–Kier alpha value is -3.94. The van der Waals surface area contributed by atoms with Crippen LogP contribution in [0.3, 0.4) is 0 Å². The Kier molecular flexibility index (Phi) is 15.7. The van der Waals surface area contributed by atoms with Crippen molar-refractivity contribution in [3.8, 4) is 5.75 Å². The highest BCUT2D eigenvalue weighted by molar-refractivity contribution is 6.32. The third kappa shape index (κ3) is 11.5. The Morgan fingerprint density at radius 3 is 2.60 bits per heavy atom. The molecule has 0 unspecified atom stereocenters. The Bertz CT molecular complexity index is 1300. The van der Waals surface area contributed by atoms with Gasteiger partial charge in [0.25, 0.3) is 0 Å². The first-order valence-electron chi connectivity index (χ1n) is 14.2. The van der Waals surface area contributed by atoms with E-state index in [9.17, 15) is 0 Å². The van der Waals surface area contributed by atoms with E-state index in [-0.39, 0.29) is 0 Å². The van der Waals surface area contributed by atoms with Gasteiger partial charge in [-0.3, -0.25) is 9.98 Å². The molecule has 0 amide bonds. The summed E-state index contributed by atoms with van der Waals surface area (Å²) in [5, 5.41) is 9.57. The molecule has 1 heterocycles. The molecule has 1 aliphatic heterocycles. The minimum Gasteiger partial charge on any atom is -0.491 e. The quantitative estimate of drug-likeness (QED) is 0.215. The number of ether oxygens (including phenoxy) is 1. The van der Waals surface area contributed by atoms with Crippen LogP contribution in [-0.2, 0) is 6.42 Å². The molecule has 7 nitrogen and oxygen atoms in total. The molecule has 0 aromatic heterocycles. The smallest absolute Gasteiger partial charge is 0.140 e. The molecule has 0 saturated heterocycles. The number of halogens is 1. The standard InChI is InChI=1S/C18H19N3.C16H26ClN3O/c1-14-8-7-9-16(12-14)13-17(15(2)19-3)18-10-5-6-11-21(18)20-4;1-4-9-20(6-3)10-11-21-16-12-14(7-8-15(16)17)19-13-18-5-2/h5-12H,2-4,13H2,1H3;5,7-8,12,19H,4,6,9-11,13H2,1-3H3/b18-17+;18-5-. The van der Waals surface area contributed by atoms with Crippen LogP contribution >= 0.6 is 11.6 Å². The lowest BCUT2D eigenvalue weighted by Gasteiger charge is -2.22. The van der Waals surface area contributed by atoms with Gasteiger partial charge in [0.15, 0.2) is 0 Å². The molecule has 0 atom stereocenters. The highest BCUT2D eigenvalue weighted by Crippen LogP contribution is 2.28. The van der Waals surface area contributed by atoms with Crippen LogP contribution in [0.5, 0.6) is 5.75 Å². The van der Waals surface area contributed by atoms with E-state index in [0.29, 0.717) is 24.0 Å². The van der Waals surface area contributed by atoms with E-state index >= 15 is 0 Å². The van der Waals surface area contributed by atoms with Gasteiger partial charge in [-0.1, -0.05) is 67.9 Å². The molecule has 0 bridgehead atoms. The second-order valence-corrected chi connectivity index (χ2v) is 9.93. The molecule has 0 saturated carbocycles. The molecule has 224 valence electrons. The topological polar surface area (TPSA) is 64.8 Å². The second kappa shape index (κ2) is 19.2. The lowest BCUT2D eigenvalue weighted by atomic mass is 9.98. The SMILES string of the molecule is C/C=N\CNc1ccc(Cl)c(OCCN(CC)CCC)c1.C=NC(=C)/C(Cc1cccc(C)c1)=C1\C=CC=CN1N=C. The average Bonchev–Trinajstić information content (AvgIpc) is 3.01. The van der Waals surface area contributed by atoms with Gasteiger partial charge in [0, 0.05) is 43.2 Å². The highest BCUT2D eigenvalue weighted by Gasteiger charge is 2.15. The number of anilines is 1. The van der Waals surface area contributed by atoms with E-state index in [1.165, 1.54) is 11.1 Å². The fourth-order valence-electron chi connectivity index (χ4n) is 4.24. The minimum absolute atomic E-state index is 0.553. The molecule has 1 aliphatic rings. The fourth-order valence-corrected chi connectivity index (χ4v) is 4.41. The third-order valence-electron chi connectivity index (χ3n) is 6.44. The Morgan fingerprint density at radius 2 is 1.93 bits per heavy atom. The first-order valence-corrected chi connectivity index (χ1v) is 14.6. The molecular formula is C34H45ClN6O. The van der Waals surface area contributed by atoms with Crippen molar-refractivity contribution < 1.29 is 4.74 Å². The van der Waals surface area contributed by atoms with E-state index in [4.69, 9.17) is 16.3 Å². The molecule has 0 radical (unpaired) electrons. The Balaban J connectivity index is 0.000000293. The summed E-state index contributed by atoms with van der Waals surface area (Å²) in [7, 11) is 0. The summed E-state index contributed by atoms with van der Waals surface area (Å²) < 4.78 is 5.81. The largest absolute Gasteiger partial charge is 0.491 e. The van der Waals surface area contributed by atoms with Crippen molar-refractivity contribution in [3.63, 3.8) is 0 Å². The number of benzene rings is 2. The fraction of sp³-hybridized carbons (Fsp3) is 0.324. The van der Waals surface area contributed by atoms with Crippen molar-refractivity contribution >= 4 is 36.9 Å². The monoisotopic (exact) mass is 588 g/mol. The number of aryl methyl sites for hydroxylation is 1. The highest BCUT2D eigenvalue weighted by atomic mass is 35.5. The lowest BCUT2D eigenvalue weighted by Crippen LogP contribution is -2.29. The zero-order valence-corrected chi connectivity index (χ0v) is 26.3. The van der Waals surface area contributed by atoms with Gasteiger partial charge in [-0.2, -0.15) is 5.10 Å². The van der Waals surface area contributed by atoms with E-state index in [1.807, 2.05) is 49.6 Å². The van der Waals surface area contributed by atoms with Crippen LogP contribution in [0.4, 0.5) is 5.69 Å². The van der Waals surface area contributed by atoms with Gasteiger partial charge in [0.1, 0.15) is 19.0 Å². The molecular weight excluding hydrogens is 544 g/mol. The summed E-state index contributed by atoms with van der Waals surface area (Å²) in [5.41, 5.74) is 5.96. The van der Waals surface area contributed by atoms with Crippen molar-refractivity contribution in [2.75, 3.05) is 38.2 Å². The van der Waals surface area contributed by atoms with Crippen molar-refractivity contribution in [1.82, 2.24) is 9.91 Å². The number of hydrazone groups is 1. The number of aliphatic imine (C=N–C) groups is 2. The summed E-state index contributed by atoms with van der Waals surface area (Å²) in [4.78, 5) is 10.5. The maximum absolute atomic E-state index is 6.17. The molecule has 8 heteroatoms. The van der Waals surface area contributed by atoms with Gasteiger partial charge in [-0.25, -0.2) is 5.01 Å². The van der Waals surface area contributed by atoms with Gasteiger partial charge in [0.2, 0.25) is 0 Å². The molecule has 0 fully saturated rings. The van der Waals surface area contributed by atoms with E-state index in [1.54, 1.807) is 11.2 Å². The normalized spacial score (nSPS) is 13.5. The molecule has 42 heavy (non-hydrogen) atoms. The second-order valence-electron chi connectivity index (χ2n) is 9.52. The maximum Gasteiger partial charge on any atom is 0.140 e. The number of nitrogens with one attached hydrogen (secondary N) is 1. The van der Waals surface area contributed by atoms with Gasteiger partial charge >= 0.3 is 0 Å². The van der Waals surface area contributed by atoms with Crippen molar-refractivity contribution in [2.24, 2.45) is 15.1 Å². The first kappa shape index (κ1) is 34.3. The molecule has 3 rings (SSSR count). The summed E-state index contributed by atoms with van der Waals surface area (Å²) in [6.45, 7) is 23.8. The van der Waals surface area contributed by atoms with E-state index in [2.05, 4.69) is 90.4 Å². The zero-order valence-electron chi connectivity index (χ0n) is 25.5.